The van der Waals surface area contributed by atoms with Crippen LogP contribution in [0.3, 0.4) is 0 Å². The van der Waals surface area contributed by atoms with Gasteiger partial charge in [-0.1, -0.05) is 12.8 Å². The molecule has 2 aliphatic rings. The Balaban J connectivity index is 1.89. The second-order valence-corrected chi connectivity index (χ2v) is 4.86. The first-order valence-electron chi connectivity index (χ1n) is 6.15. The molecular formula is C12H19N3. The molecule has 1 N–H and O–H groups in total. The highest BCUT2D eigenvalue weighted by molar-refractivity contribution is 5.39. The fraction of sp³-hybridized carbons (Fsp3) is 0.750. The Labute approximate surface area is 90.9 Å². The van der Waals surface area contributed by atoms with Crippen molar-refractivity contribution in [2.45, 2.75) is 50.5 Å². The molecule has 0 bridgehead atoms. The van der Waals surface area contributed by atoms with Crippen LogP contribution in [0.15, 0.2) is 6.07 Å². The maximum Gasteiger partial charge on any atom is 0.124 e. The van der Waals surface area contributed by atoms with Crippen molar-refractivity contribution in [3.05, 3.63) is 11.8 Å². The van der Waals surface area contributed by atoms with E-state index in [0.717, 1.165) is 5.92 Å². The molecule has 0 unspecified atom stereocenters. The zero-order chi connectivity index (χ0) is 10.3. The molecule has 2 saturated carbocycles. The molecule has 3 rings (SSSR count). The van der Waals surface area contributed by atoms with Gasteiger partial charge >= 0.3 is 0 Å². The third-order valence-electron chi connectivity index (χ3n) is 3.68. The SMILES string of the molecule is CNc1cc(C2CC2)nn1C1CCCC1. The summed E-state index contributed by atoms with van der Waals surface area (Å²) < 4.78 is 2.24. The van der Waals surface area contributed by atoms with E-state index in [1.807, 2.05) is 7.05 Å². The number of hydrogen-bond donors (Lipinski definition) is 1. The molecule has 3 heteroatoms. The van der Waals surface area contributed by atoms with Crippen LogP contribution in [0.25, 0.3) is 0 Å². The average Bonchev–Trinajstić information content (AvgIpc) is 2.83. The minimum Gasteiger partial charge on any atom is -0.373 e. The van der Waals surface area contributed by atoms with Gasteiger partial charge in [-0.05, 0) is 25.7 Å². The smallest absolute Gasteiger partial charge is 0.124 e. The first kappa shape index (κ1) is 9.25. The molecule has 15 heavy (non-hydrogen) atoms. The highest BCUT2D eigenvalue weighted by Gasteiger charge is 2.29. The van der Waals surface area contributed by atoms with E-state index < -0.39 is 0 Å². The highest BCUT2D eigenvalue weighted by Crippen LogP contribution is 2.41. The number of aromatic nitrogens is 2. The summed E-state index contributed by atoms with van der Waals surface area (Å²) in [5.41, 5.74) is 1.31. The topological polar surface area (TPSA) is 29.9 Å². The molecule has 2 aliphatic carbocycles. The monoisotopic (exact) mass is 205 g/mol. The zero-order valence-electron chi connectivity index (χ0n) is 9.37. The van der Waals surface area contributed by atoms with Gasteiger partial charge in [-0.25, -0.2) is 4.68 Å². The Bertz CT molecular complexity index is 346. The summed E-state index contributed by atoms with van der Waals surface area (Å²) in [4.78, 5) is 0. The number of rotatable bonds is 3. The summed E-state index contributed by atoms with van der Waals surface area (Å²) in [5, 5.41) is 8.06. The fourth-order valence-corrected chi connectivity index (χ4v) is 2.61. The van der Waals surface area contributed by atoms with E-state index in [2.05, 4.69) is 16.1 Å². The molecule has 1 aromatic rings. The van der Waals surface area contributed by atoms with Crippen LogP contribution < -0.4 is 5.32 Å². The van der Waals surface area contributed by atoms with Crippen LogP contribution in [-0.4, -0.2) is 16.8 Å². The lowest BCUT2D eigenvalue weighted by Crippen LogP contribution is -2.10. The van der Waals surface area contributed by atoms with E-state index in [4.69, 9.17) is 5.10 Å². The van der Waals surface area contributed by atoms with Gasteiger partial charge in [-0.15, -0.1) is 0 Å². The Morgan fingerprint density at radius 2 is 2.00 bits per heavy atom. The van der Waals surface area contributed by atoms with Gasteiger partial charge in [-0.2, -0.15) is 5.10 Å². The maximum atomic E-state index is 4.78. The predicted molar refractivity (Wildman–Crippen MR) is 61.3 cm³/mol. The van der Waals surface area contributed by atoms with Crippen molar-refractivity contribution in [2.24, 2.45) is 0 Å². The first-order chi connectivity index (χ1) is 7.38. The normalized spacial score (nSPS) is 22.2. The summed E-state index contributed by atoms with van der Waals surface area (Å²) in [5.74, 6) is 1.98. The van der Waals surface area contributed by atoms with Crippen molar-refractivity contribution in [3.63, 3.8) is 0 Å². The van der Waals surface area contributed by atoms with E-state index in [1.54, 1.807) is 0 Å². The minimum atomic E-state index is 0.653. The standard InChI is InChI=1S/C12H19N3/c1-13-12-8-11(9-6-7-9)14-15(12)10-4-2-3-5-10/h8-10,13H,2-7H2,1H3. The van der Waals surface area contributed by atoms with Crippen molar-refractivity contribution in [3.8, 4) is 0 Å². The van der Waals surface area contributed by atoms with Gasteiger partial charge in [0, 0.05) is 19.0 Å². The average molecular weight is 205 g/mol. The minimum absolute atomic E-state index is 0.653. The molecule has 0 saturated heterocycles. The second kappa shape index (κ2) is 3.54. The van der Waals surface area contributed by atoms with Crippen LogP contribution in [0.5, 0.6) is 0 Å². The molecule has 0 aromatic carbocycles. The number of nitrogens with zero attached hydrogens (tertiary/aromatic N) is 2. The van der Waals surface area contributed by atoms with Crippen molar-refractivity contribution < 1.29 is 0 Å². The van der Waals surface area contributed by atoms with Gasteiger partial charge in [0.2, 0.25) is 0 Å². The fourth-order valence-electron chi connectivity index (χ4n) is 2.61. The Hall–Kier alpha value is -0.990. The molecule has 0 amide bonds. The Morgan fingerprint density at radius 3 is 2.60 bits per heavy atom. The van der Waals surface area contributed by atoms with Gasteiger partial charge in [0.1, 0.15) is 5.82 Å². The molecular weight excluding hydrogens is 186 g/mol. The van der Waals surface area contributed by atoms with E-state index in [1.165, 1.54) is 50.0 Å². The van der Waals surface area contributed by atoms with E-state index in [9.17, 15) is 0 Å². The van der Waals surface area contributed by atoms with Crippen LogP contribution >= 0.6 is 0 Å². The Morgan fingerprint density at radius 1 is 1.27 bits per heavy atom. The molecule has 0 atom stereocenters. The Kier molecular flexibility index (Phi) is 2.19. The van der Waals surface area contributed by atoms with Crippen molar-refractivity contribution in [1.82, 2.24) is 9.78 Å². The quantitative estimate of drug-likeness (QED) is 0.822. The van der Waals surface area contributed by atoms with Crippen LogP contribution in [-0.2, 0) is 0 Å². The molecule has 0 radical (unpaired) electrons. The third-order valence-corrected chi connectivity index (χ3v) is 3.68. The largest absolute Gasteiger partial charge is 0.373 e. The van der Waals surface area contributed by atoms with Crippen LogP contribution in [0.1, 0.15) is 56.2 Å². The van der Waals surface area contributed by atoms with Crippen molar-refractivity contribution in [2.75, 3.05) is 12.4 Å². The third kappa shape index (κ3) is 1.64. The number of anilines is 1. The first-order valence-corrected chi connectivity index (χ1v) is 6.15. The number of nitrogens with one attached hydrogen (secondary N) is 1. The molecule has 1 heterocycles. The van der Waals surface area contributed by atoms with Gasteiger partial charge in [0.05, 0.1) is 11.7 Å². The van der Waals surface area contributed by atoms with Crippen LogP contribution in [0.2, 0.25) is 0 Å². The number of hydrogen-bond acceptors (Lipinski definition) is 2. The summed E-state index contributed by atoms with van der Waals surface area (Å²) in [6, 6.07) is 2.90. The lowest BCUT2D eigenvalue weighted by molar-refractivity contribution is 0.468. The van der Waals surface area contributed by atoms with E-state index in [-0.39, 0.29) is 0 Å². The van der Waals surface area contributed by atoms with E-state index >= 15 is 0 Å². The summed E-state index contributed by atoms with van der Waals surface area (Å²) in [6.45, 7) is 0. The zero-order valence-corrected chi connectivity index (χ0v) is 9.37. The van der Waals surface area contributed by atoms with Gasteiger partial charge in [-0.3, -0.25) is 0 Å². The molecule has 1 aromatic heterocycles. The predicted octanol–water partition coefficient (Wildman–Crippen LogP) is 2.92. The lowest BCUT2D eigenvalue weighted by atomic mass is 10.2. The summed E-state index contributed by atoms with van der Waals surface area (Å²) in [7, 11) is 2.00. The van der Waals surface area contributed by atoms with Gasteiger partial charge in [0.25, 0.3) is 0 Å². The summed E-state index contributed by atoms with van der Waals surface area (Å²) >= 11 is 0. The molecule has 0 aliphatic heterocycles. The summed E-state index contributed by atoms with van der Waals surface area (Å²) in [6.07, 6.45) is 8.02. The lowest BCUT2D eigenvalue weighted by Gasteiger charge is -2.13. The second-order valence-electron chi connectivity index (χ2n) is 4.86. The van der Waals surface area contributed by atoms with Crippen LogP contribution in [0, 0.1) is 0 Å². The maximum absolute atomic E-state index is 4.78. The van der Waals surface area contributed by atoms with Crippen LogP contribution in [0.4, 0.5) is 5.82 Å². The van der Waals surface area contributed by atoms with Gasteiger partial charge in [0.15, 0.2) is 0 Å². The molecule has 2 fully saturated rings. The molecule has 0 spiro atoms. The molecule has 3 nitrogen and oxygen atoms in total. The van der Waals surface area contributed by atoms with E-state index in [0.29, 0.717) is 6.04 Å². The highest BCUT2D eigenvalue weighted by atomic mass is 15.3. The molecule has 82 valence electrons. The van der Waals surface area contributed by atoms with Crippen molar-refractivity contribution >= 4 is 5.82 Å². The van der Waals surface area contributed by atoms with Crippen molar-refractivity contribution in [1.29, 1.82) is 0 Å². The van der Waals surface area contributed by atoms with Gasteiger partial charge < -0.3 is 5.32 Å².